The van der Waals surface area contributed by atoms with Gasteiger partial charge >= 0.3 is 0 Å². The average Bonchev–Trinajstić information content (AvgIpc) is 2.33. The highest BCUT2D eigenvalue weighted by Crippen LogP contribution is 2.19. The summed E-state index contributed by atoms with van der Waals surface area (Å²) in [4.78, 5) is 0. The van der Waals surface area contributed by atoms with E-state index in [2.05, 4.69) is 12.2 Å². The van der Waals surface area contributed by atoms with Crippen LogP contribution in [-0.2, 0) is 6.42 Å². The zero-order valence-corrected chi connectivity index (χ0v) is 9.43. The quantitative estimate of drug-likeness (QED) is 0.787. The smallest absolute Gasteiger partial charge is 0.120 e. The second-order valence-electron chi connectivity index (χ2n) is 4.13. The third-order valence-electron chi connectivity index (χ3n) is 2.82. The monoisotopic (exact) mass is 218 g/mol. The molecule has 0 amide bonds. The average molecular weight is 218 g/mol. The molecule has 1 aromatic carbocycles. The molecular formula is C14H18O2. The molecule has 1 aromatic rings. The van der Waals surface area contributed by atoms with E-state index in [0.29, 0.717) is 6.42 Å². The highest BCUT2D eigenvalue weighted by atomic mass is 16.5. The van der Waals surface area contributed by atoms with Crippen LogP contribution in [0.5, 0.6) is 5.75 Å². The van der Waals surface area contributed by atoms with E-state index >= 15 is 0 Å². The van der Waals surface area contributed by atoms with Gasteiger partial charge in [-0.1, -0.05) is 18.2 Å². The van der Waals surface area contributed by atoms with Crippen LogP contribution in [0.1, 0.15) is 24.8 Å². The summed E-state index contributed by atoms with van der Waals surface area (Å²) in [5.74, 6) is 0.915. The summed E-state index contributed by atoms with van der Waals surface area (Å²) < 4.78 is 5.84. The molecule has 86 valence electrons. The first-order chi connectivity index (χ1) is 7.88. The van der Waals surface area contributed by atoms with Crippen LogP contribution >= 0.6 is 0 Å². The highest BCUT2D eigenvalue weighted by molar-refractivity contribution is 5.28. The van der Waals surface area contributed by atoms with E-state index in [9.17, 15) is 0 Å². The van der Waals surface area contributed by atoms with Crippen LogP contribution in [0.15, 0.2) is 36.4 Å². The Bertz CT molecular complexity index is 340. The third-order valence-corrected chi connectivity index (χ3v) is 2.82. The first-order valence-corrected chi connectivity index (χ1v) is 5.91. The largest absolute Gasteiger partial charge is 0.486 e. The normalized spacial score (nSPS) is 19.7. The maximum atomic E-state index is 8.81. The predicted molar refractivity (Wildman–Crippen MR) is 64.6 cm³/mol. The van der Waals surface area contributed by atoms with Crippen molar-refractivity contribution in [2.24, 2.45) is 0 Å². The van der Waals surface area contributed by atoms with Crippen LogP contribution in [0.2, 0.25) is 0 Å². The zero-order valence-electron chi connectivity index (χ0n) is 9.43. The Morgan fingerprint density at radius 2 is 2.06 bits per heavy atom. The summed E-state index contributed by atoms with van der Waals surface area (Å²) in [7, 11) is 0. The fourth-order valence-corrected chi connectivity index (χ4v) is 1.92. The molecular weight excluding hydrogens is 200 g/mol. The maximum absolute atomic E-state index is 8.81. The summed E-state index contributed by atoms with van der Waals surface area (Å²) in [5.41, 5.74) is 1.15. The summed E-state index contributed by atoms with van der Waals surface area (Å²) in [6.07, 6.45) is 8.77. The van der Waals surface area contributed by atoms with E-state index in [1.165, 1.54) is 12.8 Å². The molecule has 0 saturated carbocycles. The van der Waals surface area contributed by atoms with E-state index in [-0.39, 0.29) is 12.7 Å². The lowest BCUT2D eigenvalue weighted by atomic mass is 10.1. The number of benzene rings is 1. The third kappa shape index (κ3) is 3.11. The number of allylic oxidation sites excluding steroid dienone is 1. The molecule has 0 radical (unpaired) electrons. The van der Waals surface area contributed by atoms with Crippen LogP contribution in [0.3, 0.4) is 0 Å². The van der Waals surface area contributed by atoms with Crippen LogP contribution < -0.4 is 4.74 Å². The fourth-order valence-electron chi connectivity index (χ4n) is 1.92. The van der Waals surface area contributed by atoms with E-state index in [1.54, 1.807) is 0 Å². The Hall–Kier alpha value is -1.28. The lowest BCUT2D eigenvalue weighted by Gasteiger charge is -2.18. The van der Waals surface area contributed by atoms with Crippen molar-refractivity contribution >= 4 is 0 Å². The second kappa shape index (κ2) is 5.71. The van der Waals surface area contributed by atoms with Crippen LogP contribution in [0.25, 0.3) is 0 Å². The number of hydrogen-bond acceptors (Lipinski definition) is 2. The molecule has 0 aliphatic heterocycles. The maximum Gasteiger partial charge on any atom is 0.120 e. The van der Waals surface area contributed by atoms with Gasteiger partial charge in [-0.15, -0.1) is 0 Å². The molecule has 1 aliphatic rings. The van der Waals surface area contributed by atoms with Crippen LogP contribution in [0.4, 0.5) is 0 Å². The summed E-state index contributed by atoms with van der Waals surface area (Å²) in [5, 5.41) is 8.81. The molecule has 0 saturated heterocycles. The second-order valence-corrected chi connectivity index (χ2v) is 4.13. The molecule has 0 heterocycles. The first-order valence-electron chi connectivity index (χ1n) is 5.91. The van der Waals surface area contributed by atoms with Gasteiger partial charge < -0.3 is 9.84 Å². The van der Waals surface area contributed by atoms with E-state index in [0.717, 1.165) is 17.7 Å². The fraction of sp³-hybridized carbons (Fsp3) is 0.429. The number of aliphatic hydroxyl groups excluding tert-OH is 1. The zero-order chi connectivity index (χ0) is 11.2. The molecule has 16 heavy (non-hydrogen) atoms. The molecule has 0 spiro atoms. The Morgan fingerprint density at radius 3 is 2.69 bits per heavy atom. The van der Waals surface area contributed by atoms with Gasteiger partial charge in [0.25, 0.3) is 0 Å². The first kappa shape index (κ1) is 11.2. The van der Waals surface area contributed by atoms with Gasteiger partial charge in [-0.25, -0.2) is 0 Å². The Balaban J connectivity index is 1.93. The summed E-state index contributed by atoms with van der Waals surface area (Å²) >= 11 is 0. The minimum atomic E-state index is 0.200. The molecule has 2 rings (SSSR count). The minimum absolute atomic E-state index is 0.200. The van der Waals surface area contributed by atoms with Gasteiger partial charge in [0.2, 0.25) is 0 Å². The van der Waals surface area contributed by atoms with Gasteiger partial charge in [0.15, 0.2) is 0 Å². The standard InChI is InChI=1S/C14H18O2/c15-11-10-12-6-8-14(9-7-12)16-13-4-2-1-3-5-13/h2,4,6-9,13,15H,1,3,5,10-11H2. The van der Waals surface area contributed by atoms with Crippen molar-refractivity contribution < 1.29 is 9.84 Å². The Morgan fingerprint density at radius 1 is 1.25 bits per heavy atom. The van der Waals surface area contributed by atoms with Gasteiger partial charge in [0.1, 0.15) is 11.9 Å². The van der Waals surface area contributed by atoms with Crippen molar-refractivity contribution in [1.29, 1.82) is 0 Å². The topological polar surface area (TPSA) is 29.5 Å². The van der Waals surface area contributed by atoms with Crippen molar-refractivity contribution in [3.63, 3.8) is 0 Å². The SMILES string of the molecule is OCCc1ccc(OC2C=CCCC2)cc1. The molecule has 0 fully saturated rings. The highest BCUT2D eigenvalue weighted by Gasteiger charge is 2.09. The minimum Gasteiger partial charge on any atom is -0.486 e. The van der Waals surface area contributed by atoms with Crippen molar-refractivity contribution in [2.75, 3.05) is 6.61 Å². The number of hydrogen-bond donors (Lipinski definition) is 1. The molecule has 1 atom stereocenters. The Kier molecular flexibility index (Phi) is 4.00. The lowest BCUT2D eigenvalue weighted by Crippen LogP contribution is -2.15. The number of aliphatic hydroxyl groups is 1. The number of rotatable bonds is 4. The van der Waals surface area contributed by atoms with Gasteiger partial charge in [-0.2, -0.15) is 0 Å². The van der Waals surface area contributed by atoms with E-state index in [1.807, 2.05) is 24.3 Å². The summed E-state index contributed by atoms with van der Waals surface area (Å²) in [6.45, 7) is 0.200. The number of ether oxygens (including phenoxy) is 1. The van der Waals surface area contributed by atoms with Crippen molar-refractivity contribution in [1.82, 2.24) is 0 Å². The Labute approximate surface area is 96.6 Å². The molecule has 2 nitrogen and oxygen atoms in total. The van der Waals surface area contributed by atoms with Crippen molar-refractivity contribution in [3.05, 3.63) is 42.0 Å². The molecule has 2 heteroatoms. The lowest BCUT2D eigenvalue weighted by molar-refractivity contribution is 0.230. The van der Waals surface area contributed by atoms with Crippen molar-refractivity contribution in [3.8, 4) is 5.75 Å². The molecule has 1 N–H and O–H groups in total. The van der Waals surface area contributed by atoms with Gasteiger partial charge in [-0.3, -0.25) is 0 Å². The van der Waals surface area contributed by atoms with Gasteiger partial charge in [0.05, 0.1) is 0 Å². The molecule has 0 aromatic heterocycles. The van der Waals surface area contributed by atoms with E-state index < -0.39 is 0 Å². The van der Waals surface area contributed by atoms with E-state index in [4.69, 9.17) is 9.84 Å². The molecule has 0 bridgehead atoms. The van der Waals surface area contributed by atoms with Crippen LogP contribution in [-0.4, -0.2) is 17.8 Å². The van der Waals surface area contributed by atoms with Gasteiger partial charge in [-0.05, 0) is 49.5 Å². The van der Waals surface area contributed by atoms with Gasteiger partial charge in [0, 0.05) is 6.61 Å². The van der Waals surface area contributed by atoms with Crippen LogP contribution in [0, 0.1) is 0 Å². The summed E-state index contributed by atoms with van der Waals surface area (Å²) in [6, 6.07) is 7.98. The molecule has 1 unspecified atom stereocenters. The molecule has 1 aliphatic carbocycles. The predicted octanol–water partition coefficient (Wildman–Crippen LogP) is 2.71. The van der Waals surface area contributed by atoms with Crippen molar-refractivity contribution in [2.45, 2.75) is 31.8 Å².